The van der Waals surface area contributed by atoms with Crippen molar-refractivity contribution in [2.45, 2.75) is 20.0 Å². The van der Waals surface area contributed by atoms with Crippen LogP contribution >= 0.6 is 11.3 Å². The third-order valence-electron chi connectivity index (χ3n) is 5.56. The molecule has 0 atom stereocenters. The normalized spacial score (nSPS) is 14.8. The Morgan fingerprint density at radius 2 is 1.59 bits per heavy atom. The molecule has 3 heterocycles. The van der Waals surface area contributed by atoms with E-state index in [4.69, 9.17) is 0 Å². The number of rotatable bonds is 2. The number of alkyl halides is 3. The molecule has 1 fully saturated rings. The number of carbonyl (C=O) groups is 2. The maximum atomic E-state index is 13.8. The van der Waals surface area contributed by atoms with Crippen molar-refractivity contribution < 1.29 is 27.2 Å². The van der Waals surface area contributed by atoms with Crippen LogP contribution < -0.4 is 0 Å². The molecule has 2 amide bonds. The van der Waals surface area contributed by atoms with Gasteiger partial charge in [-0.25, -0.2) is 9.37 Å². The number of amides is 2. The molecular formula is C22H19F4N3O2S. The minimum absolute atomic E-state index is 0.163. The lowest BCUT2D eigenvalue weighted by atomic mass is 10.1. The van der Waals surface area contributed by atoms with Gasteiger partial charge in [0.25, 0.3) is 11.8 Å². The van der Waals surface area contributed by atoms with E-state index in [0.29, 0.717) is 21.4 Å². The first-order valence-electron chi connectivity index (χ1n) is 9.88. The van der Waals surface area contributed by atoms with Crippen LogP contribution in [0, 0.1) is 19.7 Å². The summed E-state index contributed by atoms with van der Waals surface area (Å²) in [6.07, 6.45) is -4.56. The SMILES string of the molecule is Cc1ccc(C(=O)N2CCN(C(=O)c3sc4nc(C(F)(F)F)ccc4c3C)CC2)cc1F. The van der Waals surface area contributed by atoms with Crippen molar-refractivity contribution in [3.8, 4) is 0 Å². The molecule has 0 bridgehead atoms. The van der Waals surface area contributed by atoms with E-state index in [0.717, 1.165) is 17.4 Å². The van der Waals surface area contributed by atoms with Crippen LogP contribution in [0.25, 0.3) is 10.2 Å². The standard InChI is InChI=1S/C22H19F4N3O2S/c1-12-3-4-14(11-16(12)23)20(30)28-7-9-29(10-8-28)21(31)18-13(2)15-5-6-17(22(24,25)26)27-19(15)32-18/h3-6,11H,7-10H2,1-2H3. The highest BCUT2D eigenvalue weighted by Gasteiger charge is 2.33. The van der Waals surface area contributed by atoms with E-state index in [1.54, 1.807) is 35.8 Å². The van der Waals surface area contributed by atoms with E-state index in [9.17, 15) is 27.2 Å². The van der Waals surface area contributed by atoms with Gasteiger partial charge < -0.3 is 9.80 Å². The Hall–Kier alpha value is -3.01. The summed E-state index contributed by atoms with van der Waals surface area (Å²) in [6, 6.07) is 6.57. The van der Waals surface area contributed by atoms with Crippen molar-refractivity contribution in [2.24, 2.45) is 0 Å². The predicted octanol–water partition coefficient (Wildman–Crippen LogP) is 4.67. The summed E-state index contributed by atoms with van der Waals surface area (Å²) in [7, 11) is 0. The summed E-state index contributed by atoms with van der Waals surface area (Å²) in [5.41, 5.74) is 0.294. The highest BCUT2D eigenvalue weighted by molar-refractivity contribution is 7.20. The van der Waals surface area contributed by atoms with Gasteiger partial charge in [-0.15, -0.1) is 11.3 Å². The first kappa shape index (κ1) is 22.2. The summed E-state index contributed by atoms with van der Waals surface area (Å²) in [5.74, 6) is -1.06. The topological polar surface area (TPSA) is 53.5 Å². The minimum atomic E-state index is -4.56. The number of aromatic nitrogens is 1. The van der Waals surface area contributed by atoms with Crippen molar-refractivity contribution in [1.29, 1.82) is 0 Å². The van der Waals surface area contributed by atoms with Gasteiger partial charge in [-0.2, -0.15) is 13.2 Å². The fraction of sp³-hybridized carbons (Fsp3) is 0.318. The van der Waals surface area contributed by atoms with E-state index in [2.05, 4.69) is 4.98 Å². The average molecular weight is 465 g/mol. The fourth-order valence-corrected chi connectivity index (χ4v) is 4.77. The molecule has 0 saturated carbocycles. The third-order valence-corrected chi connectivity index (χ3v) is 6.75. The van der Waals surface area contributed by atoms with Gasteiger partial charge in [0.05, 0.1) is 4.88 Å². The molecule has 10 heteroatoms. The van der Waals surface area contributed by atoms with Crippen LogP contribution in [0.1, 0.15) is 36.9 Å². The number of carbonyl (C=O) groups excluding carboxylic acids is 2. The molecule has 2 aromatic heterocycles. The van der Waals surface area contributed by atoms with Crippen molar-refractivity contribution in [3.63, 3.8) is 0 Å². The van der Waals surface area contributed by atoms with Crippen LogP contribution in [0.5, 0.6) is 0 Å². The molecule has 3 aromatic rings. The lowest BCUT2D eigenvalue weighted by Gasteiger charge is -2.34. The summed E-state index contributed by atoms with van der Waals surface area (Å²) in [4.78, 5) is 33.0. The Morgan fingerprint density at radius 1 is 0.969 bits per heavy atom. The minimum Gasteiger partial charge on any atom is -0.335 e. The Bertz CT molecular complexity index is 1210. The second-order valence-electron chi connectivity index (χ2n) is 7.65. The van der Waals surface area contributed by atoms with E-state index in [-0.39, 0.29) is 48.4 Å². The lowest BCUT2D eigenvalue weighted by Crippen LogP contribution is -2.50. The fourth-order valence-electron chi connectivity index (χ4n) is 3.63. The van der Waals surface area contributed by atoms with Crippen molar-refractivity contribution >= 4 is 33.4 Å². The van der Waals surface area contributed by atoms with Crippen LogP contribution in [-0.2, 0) is 6.18 Å². The van der Waals surface area contributed by atoms with Gasteiger partial charge in [0.15, 0.2) is 0 Å². The van der Waals surface area contributed by atoms with Crippen molar-refractivity contribution in [1.82, 2.24) is 14.8 Å². The van der Waals surface area contributed by atoms with Gasteiger partial charge in [-0.1, -0.05) is 6.07 Å². The van der Waals surface area contributed by atoms with Gasteiger partial charge in [0.2, 0.25) is 0 Å². The van der Waals surface area contributed by atoms with Crippen LogP contribution in [0.3, 0.4) is 0 Å². The zero-order valence-corrected chi connectivity index (χ0v) is 18.1. The quantitative estimate of drug-likeness (QED) is 0.517. The molecule has 5 nitrogen and oxygen atoms in total. The average Bonchev–Trinajstić information content (AvgIpc) is 3.10. The molecule has 4 rings (SSSR count). The summed E-state index contributed by atoms with van der Waals surface area (Å²) >= 11 is 0.938. The number of piperazine rings is 1. The van der Waals surface area contributed by atoms with Crippen LogP contribution in [-0.4, -0.2) is 52.8 Å². The highest BCUT2D eigenvalue weighted by atomic mass is 32.1. The van der Waals surface area contributed by atoms with Crippen molar-refractivity contribution in [3.05, 3.63) is 63.4 Å². The first-order valence-corrected chi connectivity index (χ1v) is 10.7. The number of nitrogens with zero attached hydrogens (tertiary/aromatic N) is 3. The smallest absolute Gasteiger partial charge is 0.335 e. The van der Waals surface area contributed by atoms with E-state index < -0.39 is 17.7 Å². The zero-order chi connectivity index (χ0) is 23.2. The zero-order valence-electron chi connectivity index (χ0n) is 17.3. The molecule has 32 heavy (non-hydrogen) atoms. The van der Waals surface area contributed by atoms with Gasteiger partial charge in [-0.3, -0.25) is 9.59 Å². The summed E-state index contributed by atoms with van der Waals surface area (Å²) < 4.78 is 52.6. The van der Waals surface area contributed by atoms with Crippen LogP contribution in [0.4, 0.5) is 17.6 Å². The molecule has 0 radical (unpaired) electrons. The molecule has 1 aliphatic rings. The first-order chi connectivity index (χ1) is 15.1. The lowest BCUT2D eigenvalue weighted by molar-refractivity contribution is -0.140. The van der Waals surface area contributed by atoms with Gasteiger partial charge in [0.1, 0.15) is 16.3 Å². The predicted molar refractivity (Wildman–Crippen MR) is 112 cm³/mol. The number of pyridine rings is 1. The molecule has 1 aliphatic heterocycles. The maximum Gasteiger partial charge on any atom is 0.433 e. The number of hydrogen-bond acceptors (Lipinski definition) is 4. The second kappa shape index (κ2) is 8.16. The highest BCUT2D eigenvalue weighted by Crippen LogP contribution is 2.34. The molecular weight excluding hydrogens is 446 g/mol. The number of halogens is 4. The molecule has 0 aliphatic carbocycles. The monoisotopic (exact) mass is 465 g/mol. The van der Waals surface area contributed by atoms with E-state index in [1.807, 2.05) is 0 Å². The Balaban J connectivity index is 1.48. The largest absolute Gasteiger partial charge is 0.433 e. The maximum absolute atomic E-state index is 13.8. The van der Waals surface area contributed by atoms with Crippen molar-refractivity contribution in [2.75, 3.05) is 26.2 Å². The number of thiophene rings is 1. The Kier molecular flexibility index (Phi) is 5.66. The van der Waals surface area contributed by atoms with Gasteiger partial charge in [-0.05, 0) is 49.2 Å². The summed E-state index contributed by atoms with van der Waals surface area (Å²) in [5, 5.41) is 0.515. The molecule has 0 N–H and O–H groups in total. The molecule has 0 unspecified atom stereocenters. The second-order valence-corrected chi connectivity index (χ2v) is 8.65. The molecule has 0 spiro atoms. The molecule has 168 valence electrons. The molecule has 1 aromatic carbocycles. The third kappa shape index (κ3) is 4.06. The summed E-state index contributed by atoms with van der Waals surface area (Å²) in [6.45, 7) is 4.40. The molecule has 1 saturated heterocycles. The van der Waals surface area contributed by atoms with Gasteiger partial charge in [0, 0.05) is 37.1 Å². The number of hydrogen-bond donors (Lipinski definition) is 0. The number of fused-ring (bicyclic) bond motifs is 1. The van der Waals surface area contributed by atoms with Crippen LogP contribution in [0.2, 0.25) is 0 Å². The number of aryl methyl sites for hydroxylation is 2. The van der Waals surface area contributed by atoms with Gasteiger partial charge >= 0.3 is 6.18 Å². The Morgan fingerprint density at radius 3 is 2.19 bits per heavy atom. The van der Waals surface area contributed by atoms with E-state index >= 15 is 0 Å². The Labute approximate surface area is 185 Å². The van der Waals surface area contributed by atoms with E-state index in [1.165, 1.54) is 12.1 Å². The number of benzene rings is 1. The van der Waals surface area contributed by atoms with Crippen LogP contribution in [0.15, 0.2) is 30.3 Å².